The average molecular weight is 443 g/mol. The van der Waals surface area contributed by atoms with Crippen LogP contribution in [0.15, 0.2) is 24.3 Å². The van der Waals surface area contributed by atoms with E-state index in [1.807, 2.05) is 12.1 Å². The van der Waals surface area contributed by atoms with Gasteiger partial charge < -0.3 is 4.74 Å². The monoisotopic (exact) mass is 442 g/mol. The van der Waals surface area contributed by atoms with E-state index >= 15 is 0 Å². The molecule has 5 nitrogen and oxygen atoms in total. The van der Waals surface area contributed by atoms with E-state index in [2.05, 4.69) is 35.3 Å². The Morgan fingerprint density at radius 2 is 1.91 bits per heavy atom. The Balaban J connectivity index is 1.36. The van der Waals surface area contributed by atoms with Gasteiger partial charge in [-0.2, -0.15) is 5.10 Å². The second kappa shape index (κ2) is 10.9. The van der Waals surface area contributed by atoms with Gasteiger partial charge in [0.05, 0.1) is 11.8 Å². The van der Waals surface area contributed by atoms with Crippen molar-refractivity contribution in [2.75, 3.05) is 32.8 Å². The molecule has 2 aliphatic rings. The van der Waals surface area contributed by atoms with Crippen molar-refractivity contribution in [3.8, 4) is 0 Å². The molecule has 1 unspecified atom stereocenters. The van der Waals surface area contributed by atoms with Crippen LogP contribution in [-0.2, 0) is 24.4 Å². The van der Waals surface area contributed by atoms with Crippen LogP contribution in [0.4, 0.5) is 4.39 Å². The quantitative estimate of drug-likeness (QED) is 0.570. The lowest BCUT2D eigenvalue weighted by molar-refractivity contribution is 0.0568. The van der Waals surface area contributed by atoms with Gasteiger partial charge in [-0.3, -0.25) is 14.5 Å². The van der Waals surface area contributed by atoms with Gasteiger partial charge in [-0.05, 0) is 71.5 Å². The summed E-state index contributed by atoms with van der Waals surface area (Å²) in [6, 6.07) is 7.17. The summed E-state index contributed by atoms with van der Waals surface area (Å²) >= 11 is 0. The maximum absolute atomic E-state index is 14.0. The molecule has 2 fully saturated rings. The molecule has 6 heteroatoms. The summed E-state index contributed by atoms with van der Waals surface area (Å²) in [6.45, 7) is 14.2. The van der Waals surface area contributed by atoms with Gasteiger partial charge in [0.2, 0.25) is 0 Å². The molecule has 0 amide bonds. The van der Waals surface area contributed by atoms with Crippen molar-refractivity contribution >= 4 is 0 Å². The molecule has 0 saturated carbocycles. The van der Waals surface area contributed by atoms with Gasteiger partial charge in [-0.15, -0.1) is 0 Å². The van der Waals surface area contributed by atoms with Crippen LogP contribution in [0.2, 0.25) is 0 Å². The number of halogens is 1. The number of aryl methyl sites for hydroxylation is 2. The number of aromatic nitrogens is 2. The topological polar surface area (TPSA) is 33.5 Å². The van der Waals surface area contributed by atoms with Crippen LogP contribution in [0, 0.1) is 25.6 Å². The predicted octanol–water partition coefficient (Wildman–Crippen LogP) is 4.55. The molecule has 2 aromatic rings. The molecular formula is C26H39FN4O. The lowest BCUT2D eigenvalue weighted by atomic mass is 9.95. The zero-order chi connectivity index (χ0) is 22.5. The maximum atomic E-state index is 14.0. The number of rotatable bonds is 9. The Bertz CT molecular complexity index is 869. The van der Waals surface area contributed by atoms with Crippen LogP contribution in [0.1, 0.15) is 55.1 Å². The van der Waals surface area contributed by atoms with Crippen molar-refractivity contribution in [2.45, 2.75) is 72.2 Å². The van der Waals surface area contributed by atoms with Gasteiger partial charge in [0.25, 0.3) is 0 Å². The van der Waals surface area contributed by atoms with E-state index in [1.165, 1.54) is 36.9 Å². The summed E-state index contributed by atoms with van der Waals surface area (Å²) in [7, 11) is 0. The molecule has 0 N–H and O–H groups in total. The molecule has 3 heterocycles. The summed E-state index contributed by atoms with van der Waals surface area (Å²) in [6.07, 6.45) is 5.05. The van der Waals surface area contributed by atoms with Crippen LogP contribution in [0.5, 0.6) is 0 Å². The summed E-state index contributed by atoms with van der Waals surface area (Å²) in [5, 5.41) is 4.74. The molecule has 0 radical (unpaired) electrons. The number of hydrogen-bond acceptors (Lipinski definition) is 4. The largest absolute Gasteiger partial charge is 0.377 e. The highest BCUT2D eigenvalue weighted by Crippen LogP contribution is 2.24. The van der Waals surface area contributed by atoms with Gasteiger partial charge in [0.15, 0.2) is 0 Å². The van der Waals surface area contributed by atoms with E-state index in [-0.39, 0.29) is 5.82 Å². The number of nitrogens with zero attached hydrogens (tertiary/aromatic N) is 4. The minimum Gasteiger partial charge on any atom is -0.377 e. The molecule has 0 aliphatic carbocycles. The van der Waals surface area contributed by atoms with Gasteiger partial charge in [-0.25, -0.2) is 4.39 Å². The SMILES string of the molecule is CCn1nc(C)c(CN(CC2CCN(Cc3ccccc3F)CC2)CC2CCCO2)c1C. The van der Waals surface area contributed by atoms with Crippen LogP contribution < -0.4 is 0 Å². The Morgan fingerprint density at radius 1 is 1.12 bits per heavy atom. The molecular weight excluding hydrogens is 403 g/mol. The van der Waals surface area contributed by atoms with Crippen molar-refractivity contribution in [1.82, 2.24) is 19.6 Å². The third kappa shape index (κ3) is 5.77. The first-order valence-electron chi connectivity index (χ1n) is 12.4. The fraction of sp³-hybridized carbons (Fsp3) is 0.654. The number of likely N-dealkylation sites (tertiary alicyclic amines) is 1. The van der Waals surface area contributed by atoms with E-state index in [4.69, 9.17) is 9.84 Å². The van der Waals surface area contributed by atoms with Crippen LogP contribution in [-0.4, -0.2) is 58.5 Å². The average Bonchev–Trinajstić information content (AvgIpc) is 3.40. The molecule has 176 valence electrons. The Kier molecular flexibility index (Phi) is 7.98. The van der Waals surface area contributed by atoms with Crippen molar-refractivity contribution in [3.63, 3.8) is 0 Å². The molecule has 2 saturated heterocycles. The third-order valence-corrected chi connectivity index (χ3v) is 7.27. The normalized spacial score (nSPS) is 20.5. The van der Waals surface area contributed by atoms with E-state index in [1.54, 1.807) is 12.1 Å². The predicted molar refractivity (Wildman–Crippen MR) is 126 cm³/mol. The zero-order valence-electron chi connectivity index (χ0n) is 20.0. The molecule has 1 aromatic heterocycles. The minimum atomic E-state index is -0.0873. The van der Waals surface area contributed by atoms with Crippen LogP contribution >= 0.6 is 0 Å². The Labute approximate surface area is 192 Å². The van der Waals surface area contributed by atoms with Crippen molar-refractivity contribution in [1.29, 1.82) is 0 Å². The van der Waals surface area contributed by atoms with E-state index in [0.29, 0.717) is 18.6 Å². The van der Waals surface area contributed by atoms with Crippen molar-refractivity contribution in [3.05, 3.63) is 52.6 Å². The molecule has 0 spiro atoms. The van der Waals surface area contributed by atoms with Crippen LogP contribution in [0.25, 0.3) is 0 Å². The first-order chi connectivity index (χ1) is 15.5. The van der Waals surface area contributed by atoms with E-state index in [9.17, 15) is 4.39 Å². The molecule has 32 heavy (non-hydrogen) atoms. The molecule has 0 bridgehead atoms. The lowest BCUT2D eigenvalue weighted by Gasteiger charge is -2.35. The third-order valence-electron chi connectivity index (χ3n) is 7.27. The lowest BCUT2D eigenvalue weighted by Crippen LogP contribution is -2.40. The number of ether oxygens (including phenoxy) is 1. The molecule has 1 aromatic carbocycles. The summed E-state index contributed by atoms with van der Waals surface area (Å²) < 4.78 is 22.1. The van der Waals surface area contributed by atoms with E-state index in [0.717, 1.165) is 57.1 Å². The van der Waals surface area contributed by atoms with Gasteiger partial charge in [0.1, 0.15) is 5.82 Å². The van der Waals surface area contributed by atoms with Gasteiger partial charge in [-0.1, -0.05) is 18.2 Å². The highest BCUT2D eigenvalue weighted by Gasteiger charge is 2.26. The van der Waals surface area contributed by atoms with Crippen molar-refractivity contribution in [2.24, 2.45) is 5.92 Å². The second-order valence-corrected chi connectivity index (χ2v) is 9.61. The number of hydrogen-bond donors (Lipinski definition) is 0. The molecule has 1 atom stereocenters. The standard InChI is InChI=1S/C26H39FN4O/c1-4-31-21(3)25(20(2)28-31)19-30(18-24-9-7-15-32-24)16-22-11-13-29(14-12-22)17-23-8-5-6-10-26(23)27/h5-6,8,10,22,24H,4,7,9,11-19H2,1-3H3. The second-order valence-electron chi connectivity index (χ2n) is 9.61. The highest BCUT2D eigenvalue weighted by molar-refractivity contribution is 5.24. The molecule has 2 aliphatic heterocycles. The molecule has 4 rings (SSSR count). The number of piperidine rings is 1. The fourth-order valence-corrected chi connectivity index (χ4v) is 5.33. The Morgan fingerprint density at radius 3 is 2.56 bits per heavy atom. The number of benzene rings is 1. The first kappa shape index (κ1) is 23.4. The Hall–Kier alpha value is -1.76. The fourth-order valence-electron chi connectivity index (χ4n) is 5.33. The summed E-state index contributed by atoms with van der Waals surface area (Å²) in [4.78, 5) is 5.02. The summed E-state index contributed by atoms with van der Waals surface area (Å²) in [5.74, 6) is 0.589. The summed E-state index contributed by atoms with van der Waals surface area (Å²) in [5.41, 5.74) is 4.63. The highest BCUT2D eigenvalue weighted by atomic mass is 19.1. The van der Waals surface area contributed by atoms with Gasteiger partial charge in [0, 0.05) is 56.2 Å². The minimum absolute atomic E-state index is 0.0873. The van der Waals surface area contributed by atoms with E-state index < -0.39 is 0 Å². The van der Waals surface area contributed by atoms with Crippen LogP contribution in [0.3, 0.4) is 0 Å². The first-order valence-corrected chi connectivity index (χ1v) is 12.4. The maximum Gasteiger partial charge on any atom is 0.127 e. The zero-order valence-corrected chi connectivity index (χ0v) is 20.0. The smallest absolute Gasteiger partial charge is 0.127 e. The van der Waals surface area contributed by atoms with Gasteiger partial charge >= 0.3 is 0 Å². The van der Waals surface area contributed by atoms with Crippen molar-refractivity contribution < 1.29 is 9.13 Å².